The average Bonchev–Trinajstić information content (AvgIpc) is 1.71. The molecule has 0 aromatic heterocycles. The Morgan fingerprint density at radius 1 is 0.528 bits per heavy atom. The predicted octanol–water partition coefficient (Wildman–Crippen LogP) is -6.02. The van der Waals surface area contributed by atoms with Gasteiger partial charge in [-0.15, -0.1) is 0 Å². The van der Waals surface area contributed by atoms with Crippen molar-refractivity contribution >= 4 is 16.2 Å². The maximum atomic E-state index is 13.1. The first-order chi connectivity index (χ1) is 41.8. The number of carbonyl (C=O) groups is 1. The monoisotopic (exact) mass is 1310 g/mol. The van der Waals surface area contributed by atoms with Crippen LogP contribution in [-0.2, 0) is 76.2 Å². The molecule has 0 radical (unpaired) electrons. The molecule has 10 aliphatic rings. The van der Waals surface area contributed by atoms with Crippen LogP contribution in [0.15, 0.2) is 11.6 Å². The van der Waals surface area contributed by atoms with E-state index in [0.29, 0.717) is 25.7 Å². The van der Waals surface area contributed by atoms with Gasteiger partial charge in [0.2, 0.25) is 0 Å². The lowest BCUT2D eigenvalue weighted by Gasteiger charge is -2.59. The molecular formula is C56H90O32S. The molecule has 3 saturated carbocycles. The van der Waals surface area contributed by atoms with Crippen LogP contribution < -0.4 is 0 Å². The molecule has 16 N–H and O–H groups in total. The summed E-state index contributed by atoms with van der Waals surface area (Å²) in [4.78, 5) is 13.1. The van der Waals surface area contributed by atoms with Crippen LogP contribution in [0.3, 0.4) is 0 Å². The lowest BCUT2D eigenvalue weighted by Crippen LogP contribution is -2.67. The van der Waals surface area contributed by atoms with Crippen LogP contribution in [0.25, 0.3) is 0 Å². The maximum Gasteiger partial charge on any atom is 0.397 e. The molecule has 10 rings (SSSR count). The first kappa shape index (κ1) is 70.0. The quantitative estimate of drug-likeness (QED) is 0.0476. The zero-order chi connectivity index (χ0) is 64.8. The molecule has 32 nitrogen and oxygen atoms in total. The Labute approximate surface area is 512 Å². The van der Waals surface area contributed by atoms with Gasteiger partial charge < -0.3 is 133 Å². The SMILES string of the molecule is CC(=O)C1CCC2C3CC(OC4OC(C)C(O)C(OC5OCC(OC6OC(CO)C(O)C(O)C6OC6OC(C)C(O)C(OC7OC(CO)C(O)C(O)C7O)C6O)C(O)C5OC5OC(C)C(O)C(O)C5O)C4O)C4CC(OS(=O)(=O)O)CCC4(C)C3=CCC12C. The van der Waals surface area contributed by atoms with Gasteiger partial charge in [0, 0.05) is 5.92 Å². The van der Waals surface area contributed by atoms with E-state index in [0.717, 1.165) is 12.0 Å². The molecular weight excluding hydrogens is 1220 g/mol. The molecule has 0 amide bonds. The van der Waals surface area contributed by atoms with Crippen molar-refractivity contribution in [1.82, 2.24) is 0 Å². The van der Waals surface area contributed by atoms with E-state index in [1.54, 1.807) is 6.92 Å². The van der Waals surface area contributed by atoms with Crippen molar-refractivity contribution in [2.24, 2.45) is 34.5 Å². The van der Waals surface area contributed by atoms with E-state index < -0.39 is 232 Å². The highest BCUT2D eigenvalue weighted by Gasteiger charge is 2.63. The number of Topliss-reactive ketones (excluding diaryl/α,β-unsaturated/α-hetero) is 1. The Balaban J connectivity index is 0.901. The molecule has 0 bridgehead atoms. The van der Waals surface area contributed by atoms with E-state index in [2.05, 4.69) is 19.9 Å². The van der Waals surface area contributed by atoms with E-state index >= 15 is 0 Å². The minimum atomic E-state index is -4.88. The summed E-state index contributed by atoms with van der Waals surface area (Å²) in [6, 6.07) is 0. The lowest BCUT2D eigenvalue weighted by molar-refractivity contribution is -0.402. The Hall–Kier alpha value is -1.80. The number of aliphatic hydroxyl groups is 15. The number of aliphatic hydroxyl groups excluding tert-OH is 15. The van der Waals surface area contributed by atoms with Gasteiger partial charge in [0.15, 0.2) is 37.7 Å². The predicted molar refractivity (Wildman–Crippen MR) is 289 cm³/mol. The van der Waals surface area contributed by atoms with Crippen molar-refractivity contribution < 1.29 is 155 Å². The summed E-state index contributed by atoms with van der Waals surface area (Å²) < 4.78 is 112. The summed E-state index contributed by atoms with van der Waals surface area (Å²) in [5.41, 5.74) is 0.164. The molecule has 6 saturated heterocycles. The van der Waals surface area contributed by atoms with Crippen molar-refractivity contribution in [2.45, 2.75) is 277 Å². The second kappa shape index (κ2) is 27.4. The fraction of sp³-hybridized carbons (Fsp3) is 0.946. The fourth-order valence-corrected chi connectivity index (χ4v) is 16.4. The summed E-state index contributed by atoms with van der Waals surface area (Å²) in [7, 11) is -4.88. The second-order valence-corrected chi connectivity index (χ2v) is 27.5. The highest BCUT2D eigenvalue weighted by molar-refractivity contribution is 7.80. The van der Waals surface area contributed by atoms with Crippen LogP contribution in [0.5, 0.6) is 0 Å². The molecule has 0 aromatic carbocycles. The first-order valence-corrected chi connectivity index (χ1v) is 31.9. The third-order valence-electron chi connectivity index (χ3n) is 21.0. The molecule has 0 spiro atoms. The Morgan fingerprint density at radius 3 is 1.58 bits per heavy atom. The molecule has 512 valence electrons. The fourth-order valence-electron chi connectivity index (χ4n) is 15.8. The number of carbonyl (C=O) groups excluding carboxylic acids is 1. The summed E-state index contributed by atoms with van der Waals surface area (Å²) in [6.07, 6.45) is -48.1. The third kappa shape index (κ3) is 13.4. The molecule has 0 aromatic rings. The van der Waals surface area contributed by atoms with Crippen molar-refractivity contribution in [2.75, 3.05) is 19.8 Å². The van der Waals surface area contributed by atoms with Gasteiger partial charge in [-0.25, -0.2) is 4.18 Å². The number of fused-ring (bicyclic) bond motifs is 5. The van der Waals surface area contributed by atoms with E-state index in [4.69, 9.17) is 61.0 Å². The number of ether oxygens (including phenoxy) is 12. The maximum absolute atomic E-state index is 13.1. The normalized spacial score (nSPS) is 53.9. The Kier molecular flexibility index (Phi) is 21.5. The summed E-state index contributed by atoms with van der Waals surface area (Å²) >= 11 is 0. The minimum Gasteiger partial charge on any atom is -0.394 e. The largest absolute Gasteiger partial charge is 0.397 e. The highest BCUT2D eigenvalue weighted by atomic mass is 32.3. The number of hydrogen-bond donors (Lipinski definition) is 16. The molecule has 33 heteroatoms. The van der Waals surface area contributed by atoms with Crippen molar-refractivity contribution in [3.05, 3.63) is 11.6 Å². The van der Waals surface area contributed by atoms with Gasteiger partial charge in [0.25, 0.3) is 0 Å². The lowest BCUT2D eigenvalue weighted by atomic mass is 9.48. The smallest absolute Gasteiger partial charge is 0.394 e. The van der Waals surface area contributed by atoms with Crippen molar-refractivity contribution in [3.63, 3.8) is 0 Å². The molecule has 4 aliphatic carbocycles. The van der Waals surface area contributed by atoms with E-state index in [9.17, 15) is 94.4 Å². The first-order valence-electron chi connectivity index (χ1n) is 30.6. The van der Waals surface area contributed by atoms with Crippen LogP contribution in [0.2, 0.25) is 0 Å². The van der Waals surface area contributed by atoms with Gasteiger partial charge in [-0.2, -0.15) is 8.42 Å². The van der Waals surface area contributed by atoms with Crippen LogP contribution in [-0.4, -0.2) is 306 Å². The van der Waals surface area contributed by atoms with E-state index in [1.165, 1.54) is 20.8 Å². The van der Waals surface area contributed by atoms with Gasteiger partial charge in [-0.3, -0.25) is 9.35 Å². The second-order valence-electron chi connectivity index (χ2n) is 26.4. The van der Waals surface area contributed by atoms with E-state index in [-0.39, 0.29) is 41.8 Å². The summed E-state index contributed by atoms with van der Waals surface area (Å²) in [5.74, 6) is -0.640. The van der Waals surface area contributed by atoms with Crippen LogP contribution in [0.4, 0.5) is 0 Å². The summed E-state index contributed by atoms with van der Waals surface area (Å²) in [6.45, 7) is 7.42. The number of allylic oxidation sites excluding steroid dienone is 2. The molecule has 9 fully saturated rings. The van der Waals surface area contributed by atoms with Crippen molar-refractivity contribution in [1.29, 1.82) is 0 Å². The van der Waals surface area contributed by atoms with Gasteiger partial charge >= 0.3 is 10.4 Å². The average molecular weight is 1310 g/mol. The van der Waals surface area contributed by atoms with Crippen molar-refractivity contribution in [3.8, 4) is 0 Å². The number of ketones is 1. The zero-order valence-electron chi connectivity index (χ0n) is 50.0. The number of rotatable bonds is 17. The topological polar surface area (TPSA) is 495 Å². The summed E-state index contributed by atoms with van der Waals surface area (Å²) in [5, 5.41) is 166. The Morgan fingerprint density at radius 2 is 1.01 bits per heavy atom. The molecule has 37 atom stereocenters. The molecule has 37 unspecified atom stereocenters. The standard InChI is InChI=1S/C56H90O32S/c1-18(59)24-7-8-25-23-14-28(27-13-22(88-89(73,74)75)9-11-56(27,6)26(23)10-12-55(24,25)5)80-51-43(71)46(34(62)20(3)78-51)85-53-47(86-49-41(69)38(66)32(60)19(2)77-49)37(65)31(17-76-53)83-54-48(40(68)36(64)30(16-58)82-54)87-52-44(72)45(33(61)21(4)79-52)84-50-42(70)39(67)35(63)29(15-57)81-50/h10,19-25,27-54,57-58,60-72H,7-9,11-17H2,1-6H3,(H,73,74,75). The van der Waals surface area contributed by atoms with Crippen LogP contribution >= 0.6 is 0 Å². The van der Waals surface area contributed by atoms with Gasteiger partial charge in [0.05, 0.1) is 50.3 Å². The molecule has 89 heavy (non-hydrogen) atoms. The highest BCUT2D eigenvalue weighted by Crippen LogP contribution is 2.66. The van der Waals surface area contributed by atoms with E-state index in [1.807, 2.05) is 0 Å². The molecule has 6 heterocycles. The third-order valence-corrected chi connectivity index (χ3v) is 21.5. The zero-order valence-corrected chi connectivity index (χ0v) is 50.8. The number of hydrogen-bond acceptors (Lipinski definition) is 31. The van der Waals surface area contributed by atoms with Gasteiger partial charge in [0.1, 0.15) is 128 Å². The minimum absolute atomic E-state index is 0.0527. The van der Waals surface area contributed by atoms with Crippen LogP contribution in [0.1, 0.15) is 86.5 Å². The van der Waals surface area contributed by atoms with Gasteiger partial charge in [-0.1, -0.05) is 25.5 Å². The van der Waals surface area contributed by atoms with Crippen LogP contribution in [0, 0.1) is 34.5 Å². The Bertz CT molecular complexity index is 2550. The molecule has 6 aliphatic heterocycles. The van der Waals surface area contributed by atoms with Gasteiger partial charge in [-0.05, 0) is 101 Å².